The lowest BCUT2D eigenvalue weighted by Crippen LogP contribution is -2.27. The van der Waals surface area contributed by atoms with E-state index in [1.165, 1.54) is 0 Å². The van der Waals surface area contributed by atoms with E-state index in [2.05, 4.69) is 10.3 Å². The zero-order valence-corrected chi connectivity index (χ0v) is 15.1. The standard InChI is InChI=1S/C20H22N4O2/c1-12-7-9-13(10-8-12)17-14-5-4-6-15(22-16(25)11-24(2)3)18(14)23-19(17)20(21)26/h4-10,23H,11H2,1-3H3,(H2,21,26)(H,22,25). The number of nitrogens with zero attached hydrogens (tertiary/aromatic N) is 1. The number of nitrogens with two attached hydrogens (primary N) is 1. The summed E-state index contributed by atoms with van der Waals surface area (Å²) in [5.41, 5.74) is 10.0. The van der Waals surface area contributed by atoms with Crippen molar-refractivity contribution in [1.29, 1.82) is 0 Å². The first-order valence-electron chi connectivity index (χ1n) is 8.33. The van der Waals surface area contributed by atoms with Crippen LogP contribution in [0.1, 0.15) is 16.1 Å². The van der Waals surface area contributed by atoms with E-state index < -0.39 is 5.91 Å². The molecule has 6 heteroatoms. The molecule has 6 nitrogen and oxygen atoms in total. The summed E-state index contributed by atoms with van der Waals surface area (Å²) in [6.07, 6.45) is 0. The predicted molar refractivity (Wildman–Crippen MR) is 104 cm³/mol. The maximum absolute atomic E-state index is 12.1. The Bertz CT molecular complexity index is 971. The summed E-state index contributed by atoms with van der Waals surface area (Å²) >= 11 is 0. The van der Waals surface area contributed by atoms with E-state index in [1.54, 1.807) is 11.0 Å². The Labute approximate surface area is 152 Å². The molecule has 3 rings (SSSR count). The summed E-state index contributed by atoms with van der Waals surface area (Å²) in [4.78, 5) is 29.0. The van der Waals surface area contributed by atoms with E-state index in [0.29, 0.717) is 16.9 Å². The monoisotopic (exact) mass is 350 g/mol. The molecule has 0 aliphatic heterocycles. The summed E-state index contributed by atoms with van der Waals surface area (Å²) in [6, 6.07) is 13.5. The van der Waals surface area contributed by atoms with Crippen molar-refractivity contribution < 1.29 is 9.59 Å². The zero-order valence-electron chi connectivity index (χ0n) is 15.1. The van der Waals surface area contributed by atoms with Crippen LogP contribution in [0.5, 0.6) is 0 Å². The van der Waals surface area contributed by atoms with Gasteiger partial charge in [-0.1, -0.05) is 42.0 Å². The van der Waals surface area contributed by atoms with Gasteiger partial charge < -0.3 is 20.9 Å². The maximum Gasteiger partial charge on any atom is 0.265 e. The van der Waals surface area contributed by atoms with E-state index in [1.807, 2.05) is 57.4 Å². The first-order valence-corrected chi connectivity index (χ1v) is 8.33. The number of carbonyl (C=O) groups is 2. The molecule has 2 amide bonds. The minimum Gasteiger partial charge on any atom is -0.364 e. The van der Waals surface area contributed by atoms with Crippen LogP contribution < -0.4 is 11.1 Å². The molecule has 0 unspecified atom stereocenters. The average Bonchev–Trinajstić information content (AvgIpc) is 2.96. The van der Waals surface area contributed by atoms with Crippen LogP contribution in [0.15, 0.2) is 42.5 Å². The van der Waals surface area contributed by atoms with E-state index >= 15 is 0 Å². The number of para-hydroxylation sites is 1. The number of benzene rings is 2. The Hall–Kier alpha value is -3.12. The molecule has 4 N–H and O–H groups in total. The summed E-state index contributed by atoms with van der Waals surface area (Å²) in [7, 11) is 3.66. The third-order valence-electron chi connectivity index (χ3n) is 4.15. The van der Waals surface area contributed by atoms with Crippen LogP contribution in [-0.4, -0.2) is 42.3 Å². The third kappa shape index (κ3) is 3.45. The first kappa shape index (κ1) is 17.7. The van der Waals surface area contributed by atoms with Crippen LogP contribution >= 0.6 is 0 Å². The van der Waals surface area contributed by atoms with Gasteiger partial charge in [0.25, 0.3) is 5.91 Å². The predicted octanol–water partition coefficient (Wildman–Crippen LogP) is 2.74. The Balaban J connectivity index is 2.14. The molecule has 0 aliphatic rings. The zero-order chi connectivity index (χ0) is 18.8. The number of amides is 2. The lowest BCUT2D eigenvalue weighted by Gasteiger charge is -2.11. The summed E-state index contributed by atoms with van der Waals surface area (Å²) < 4.78 is 0. The van der Waals surface area contributed by atoms with Crippen molar-refractivity contribution in [3.05, 3.63) is 53.7 Å². The summed E-state index contributed by atoms with van der Waals surface area (Å²) in [6.45, 7) is 2.27. The summed E-state index contributed by atoms with van der Waals surface area (Å²) in [5, 5.41) is 3.73. The number of aromatic amines is 1. The smallest absolute Gasteiger partial charge is 0.265 e. The van der Waals surface area contributed by atoms with Gasteiger partial charge in [0, 0.05) is 10.9 Å². The fourth-order valence-corrected chi connectivity index (χ4v) is 3.00. The topological polar surface area (TPSA) is 91.2 Å². The SMILES string of the molecule is Cc1ccc(-c2c(C(N)=O)[nH]c3c(NC(=O)CN(C)C)cccc23)cc1. The van der Waals surface area contributed by atoms with E-state index in [9.17, 15) is 9.59 Å². The number of hydrogen-bond acceptors (Lipinski definition) is 3. The molecule has 134 valence electrons. The van der Waals surface area contributed by atoms with Gasteiger partial charge in [-0.25, -0.2) is 0 Å². The molecule has 0 aliphatic carbocycles. The fourth-order valence-electron chi connectivity index (χ4n) is 3.00. The van der Waals surface area contributed by atoms with Gasteiger partial charge in [-0.15, -0.1) is 0 Å². The van der Waals surface area contributed by atoms with E-state index in [0.717, 1.165) is 22.1 Å². The van der Waals surface area contributed by atoms with Crippen molar-refractivity contribution in [1.82, 2.24) is 9.88 Å². The third-order valence-corrected chi connectivity index (χ3v) is 4.15. The van der Waals surface area contributed by atoms with Crippen LogP contribution in [0.4, 0.5) is 5.69 Å². The molecule has 1 aromatic heterocycles. The number of hydrogen-bond donors (Lipinski definition) is 3. The van der Waals surface area contributed by atoms with E-state index in [-0.39, 0.29) is 12.5 Å². The number of nitrogens with one attached hydrogen (secondary N) is 2. The van der Waals surface area contributed by atoms with Gasteiger partial charge in [-0.3, -0.25) is 9.59 Å². The molecule has 1 heterocycles. The Morgan fingerprint density at radius 3 is 2.42 bits per heavy atom. The Morgan fingerprint density at radius 2 is 1.81 bits per heavy atom. The first-order chi connectivity index (χ1) is 12.4. The molecule has 2 aromatic carbocycles. The van der Waals surface area contributed by atoms with Crippen molar-refractivity contribution in [3.63, 3.8) is 0 Å². The minimum atomic E-state index is -0.539. The lowest BCUT2D eigenvalue weighted by atomic mass is 10.00. The number of anilines is 1. The molecule has 0 saturated heterocycles. The van der Waals surface area contributed by atoms with Crippen LogP contribution in [0.25, 0.3) is 22.0 Å². The molecule has 0 bridgehead atoms. The highest BCUT2D eigenvalue weighted by atomic mass is 16.2. The highest BCUT2D eigenvalue weighted by molar-refractivity contribution is 6.13. The highest BCUT2D eigenvalue weighted by Crippen LogP contribution is 2.35. The Morgan fingerprint density at radius 1 is 1.12 bits per heavy atom. The number of fused-ring (bicyclic) bond motifs is 1. The second-order valence-corrected chi connectivity index (χ2v) is 6.62. The molecule has 26 heavy (non-hydrogen) atoms. The lowest BCUT2D eigenvalue weighted by molar-refractivity contribution is -0.116. The number of rotatable bonds is 5. The molecular weight excluding hydrogens is 328 g/mol. The van der Waals surface area contributed by atoms with Crippen molar-refractivity contribution in [3.8, 4) is 11.1 Å². The average molecular weight is 350 g/mol. The number of H-pyrrole nitrogens is 1. The summed E-state index contributed by atoms with van der Waals surface area (Å²) in [5.74, 6) is -0.669. The van der Waals surface area contributed by atoms with Crippen LogP contribution in [-0.2, 0) is 4.79 Å². The van der Waals surface area contributed by atoms with Crippen molar-refractivity contribution in [2.75, 3.05) is 26.0 Å². The highest BCUT2D eigenvalue weighted by Gasteiger charge is 2.19. The molecule has 0 atom stereocenters. The van der Waals surface area contributed by atoms with E-state index in [4.69, 9.17) is 5.73 Å². The minimum absolute atomic E-state index is 0.130. The number of likely N-dealkylation sites (N-methyl/N-ethyl adjacent to an activating group) is 1. The van der Waals surface area contributed by atoms with Crippen molar-refractivity contribution >= 4 is 28.4 Å². The van der Waals surface area contributed by atoms with Crippen molar-refractivity contribution in [2.45, 2.75) is 6.92 Å². The quantitative estimate of drug-likeness (QED) is 0.661. The molecule has 0 fully saturated rings. The van der Waals surface area contributed by atoms with Crippen LogP contribution in [0.3, 0.4) is 0 Å². The second-order valence-electron chi connectivity index (χ2n) is 6.62. The van der Waals surface area contributed by atoms with Crippen LogP contribution in [0.2, 0.25) is 0 Å². The van der Waals surface area contributed by atoms with Gasteiger partial charge in [0.1, 0.15) is 5.69 Å². The fraction of sp³-hybridized carbons (Fsp3) is 0.200. The van der Waals surface area contributed by atoms with Gasteiger partial charge in [-0.05, 0) is 32.6 Å². The van der Waals surface area contributed by atoms with Gasteiger partial charge >= 0.3 is 0 Å². The second kappa shape index (κ2) is 7.01. The maximum atomic E-state index is 12.1. The van der Waals surface area contributed by atoms with Crippen molar-refractivity contribution in [2.24, 2.45) is 5.73 Å². The Kier molecular flexibility index (Phi) is 4.77. The normalized spacial score (nSPS) is 11.1. The molecule has 0 spiro atoms. The number of aryl methyl sites for hydroxylation is 1. The molecule has 0 saturated carbocycles. The largest absolute Gasteiger partial charge is 0.364 e. The van der Waals surface area contributed by atoms with Gasteiger partial charge in [-0.2, -0.15) is 0 Å². The molecule has 0 radical (unpaired) electrons. The molecular formula is C20H22N4O2. The number of aromatic nitrogens is 1. The number of primary amides is 1. The molecule has 3 aromatic rings. The van der Waals surface area contributed by atoms with Gasteiger partial charge in [0.2, 0.25) is 5.91 Å². The van der Waals surface area contributed by atoms with Crippen LogP contribution in [0, 0.1) is 6.92 Å². The number of carbonyl (C=O) groups excluding carboxylic acids is 2. The van der Waals surface area contributed by atoms with Gasteiger partial charge in [0.15, 0.2) is 0 Å². The van der Waals surface area contributed by atoms with Gasteiger partial charge in [0.05, 0.1) is 17.7 Å².